The third kappa shape index (κ3) is 4.40. The van der Waals surface area contributed by atoms with Crippen molar-refractivity contribution in [3.8, 4) is 0 Å². The topological polar surface area (TPSA) is 123 Å². The first-order valence-electron chi connectivity index (χ1n) is 6.94. The molecule has 134 valence electrons. The number of primary amides is 1. The van der Waals surface area contributed by atoms with Gasteiger partial charge in [-0.2, -0.15) is 0 Å². The van der Waals surface area contributed by atoms with E-state index in [1.807, 2.05) is 0 Å². The van der Waals surface area contributed by atoms with Crippen LogP contribution in [0, 0.1) is 0 Å². The maximum absolute atomic E-state index is 12.8. The molecule has 1 aliphatic rings. The molecule has 1 fully saturated rings. The second kappa shape index (κ2) is 7.17. The SMILES string of the molecule is NC(=O)CCN[C@H]1CS(=O)(=O)C[C@@H]1S(=O)(=O)c1ccc(Cl)c(Cl)c1. The molecule has 2 rings (SSSR count). The summed E-state index contributed by atoms with van der Waals surface area (Å²) in [6.07, 6.45) is -0.0178. The molecule has 0 aromatic heterocycles. The first-order valence-corrected chi connectivity index (χ1v) is 11.1. The Morgan fingerprint density at radius 3 is 2.50 bits per heavy atom. The fourth-order valence-corrected chi connectivity index (χ4v) is 7.62. The van der Waals surface area contributed by atoms with E-state index in [-0.39, 0.29) is 33.7 Å². The van der Waals surface area contributed by atoms with Crippen molar-refractivity contribution in [1.82, 2.24) is 5.32 Å². The van der Waals surface area contributed by atoms with E-state index in [0.717, 1.165) is 0 Å². The lowest BCUT2D eigenvalue weighted by atomic mass is 10.2. The number of halogens is 2. The van der Waals surface area contributed by atoms with Crippen molar-refractivity contribution in [2.24, 2.45) is 5.73 Å². The Balaban J connectivity index is 2.30. The van der Waals surface area contributed by atoms with E-state index in [4.69, 9.17) is 28.9 Å². The Labute approximate surface area is 150 Å². The third-order valence-electron chi connectivity index (χ3n) is 3.70. The highest BCUT2D eigenvalue weighted by Crippen LogP contribution is 2.30. The number of sulfone groups is 2. The molecule has 0 unspecified atom stereocenters. The smallest absolute Gasteiger partial charge is 0.218 e. The number of hydrogen-bond acceptors (Lipinski definition) is 6. The van der Waals surface area contributed by atoms with Gasteiger partial charge in [0.15, 0.2) is 19.7 Å². The molecule has 11 heteroatoms. The minimum atomic E-state index is -3.95. The summed E-state index contributed by atoms with van der Waals surface area (Å²) >= 11 is 11.6. The van der Waals surface area contributed by atoms with Crippen LogP contribution >= 0.6 is 23.2 Å². The van der Waals surface area contributed by atoms with Crippen LogP contribution in [-0.4, -0.2) is 52.1 Å². The molecule has 3 N–H and O–H groups in total. The lowest BCUT2D eigenvalue weighted by molar-refractivity contribution is -0.117. The number of nitrogens with two attached hydrogens (primary N) is 1. The highest BCUT2D eigenvalue weighted by atomic mass is 35.5. The van der Waals surface area contributed by atoms with Crippen LogP contribution in [0.1, 0.15) is 6.42 Å². The van der Waals surface area contributed by atoms with Crippen molar-refractivity contribution in [2.75, 3.05) is 18.1 Å². The highest BCUT2D eigenvalue weighted by Gasteiger charge is 2.45. The summed E-state index contributed by atoms with van der Waals surface area (Å²) in [5.74, 6) is -1.38. The van der Waals surface area contributed by atoms with E-state index in [1.165, 1.54) is 18.2 Å². The molecule has 1 aliphatic heterocycles. The summed E-state index contributed by atoms with van der Waals surface area (Å²) in [4.78, 5) is 10.7. The van der Waals surface area contributed by atoms with Crippen molar-refractivity contribution in [3.63, 3.8) is 0 Å². The molecule has 1 amide bonds. The van der Waals surface area contributed by atoms with Crippen molar-refractivity contribution >= 4 is 48.8 Å². The minimum absolute atomic E-state index is 0.0178. The van der Waals surface area contributed by atoms with Crippen LogP contribution in [0.3, 0.4) is 0 Å². The van der Waals surface area contributed by atoms with E-state index >= 15 is 0 Å². The molecule has 1 aromatic carbocycles. The van der Waals surface area contributed by atoms with Gasteiger partial charge in [0.05, 0.1) is 31.7 Å². The average Bonchev–Trinajstić information content (AvgIpc) is 2.77. The van der Waals surface area contributed by atoms with Gasteiger partial charge in [-0.25, -0.2) is 16.8 Å². The van der Waals surface area contributed by atoms with Gasteiger partial charge in [0.1, 0.15) is 0 Å². The summed E-state index contributed by atoms with van der Waals surface area (Å²) < 4.78 is 49.4. The second-order valence-electron chi connectivity index (χ2n) is 5.51. The molecule has 1 saturated heterocycles. The Hall–Kier alpha value is -0.870. The third-order valence-corrected chi connectivity index (χ3v) is 8.58. The number of carbonyl (C=O) groups is 1. The first-order chi connectivity index (χ1) is 11.0. The van der Waals surface area contributed by atoms with Crippen LogP contribution in [0.25, 0.3) is 0 Å². The first kappa shape index (κ1) is 19.5. The van der Waals surface area contributed by atoms with Gasteiger partial charge in [0.2, 0.25) is 5.91 Å². The van der Waals surface area contributed by atoms with E-state index in [2.05, 4.69) is 5.32 Å². The van der Waals surface area contributed by atoms with Crippen LogP contribution in [0.5, 0.6) is 0 Å². The van der Waals surface area contributed by atoms with Gasteiger partial charge >= 0.3 is 0 Å². The van der Waals surface area contributed by atoms with Crippen LogP contribution in [0.15, 0.2) is 23.1 Å². The summed E-state index contributed by atoms with van der Waals surface area (Å²) in [6.45, 7) is 0.100. The number of hydrogen-bond donors (Lipinski definition) is 2. The molecule has 2 atom stereocenters. The van der Waals surface area contributed by atoms with Gasteiger partial charge in [-0.15, -0.1) is 0 Å². The van der Waals surface area contributed by atoms with Gasteiger partial charge in [-0.05, 0) is 18.2 Å². The highest BCUT2D eigenvalue weighted by molar-refractivity contribution is 7.96. The van der Waals surface area contributed by atoms with Gasteiger partial charge in [-0.1, -0.05) is 23.2 Å². The van der Waals surface area contributed by atoms with E-state index in [9.17, 15) is 21.6 Å². The summed E-state index contributed by atoms with van der Waals surface area (Å²) in [5.41, 5.74) is 5.03. The zero-order valence-corrected chi connectivity index (χ0v) is 15.6. The molecule has 0 radical (unpaired) electrons. The molecule has 0 spiro atoms. The maximum atomic E-state index is 12.8. The van der Waals surface area contributed by atoms with Crippen molar-refractivity contribution in [2.45, 2.75) is 22.6 Å². The summed E-state index contributed by atoms with van der Waals surface area (Å²) in [6, 6.07) is 3.00. The normalized spacial score (nSPS) is 23.2. The average molecular weight is 415 g/mol. The van der Waals surface area contributed by atoms with Crippen LogP contribution in [-0.2, 0) is 24.5 Å². The van der Waals surface area contributed by atoms with Gasteiger partial charge in [0, 0.05) is 19.0 Å². The molecule has 24 heavy (non-hydrogen) atoms. The van der Waals surface area contributed by atoms with E-state index in [0.29, 0.717) is 0 Å². The number of nitrogens with one attached hydrogen (secondary N) is 1. The predicted octanol–water partition coefficient (Wildman–Crippen LogP) is 0.398. The number of amides is 1. The molecular formula is C13H16Cl2N2O5S2. The monoisotopic (exact) mass is 414 g/mol. The van der Waals surface area contributed by atoms with Crippen LogP contribution in [0.4, 0.5) is 0 Å². The lowest BCUT2D eigenvalue weighted by Crippen LogP contribution is -2.44. The van der Waals surface area contributed by atoms with Crippen LogP contribution in [0.2, 0.25) is 10.0 Å². The number of benzene rings is 1. The van der Waals surface area contributed by atoms with Crippen molar-refractivity contribution in [3.05, 3.63) is 28.2 Å². The molecule has 1 aromatic rings. The Morgan fingerprint density at radius 1 is 1.25 bits per heavy atom. The van der Waals surface area contributed by atoms with E-state index < -0.39 is 42.6 Å². The van der Waals surface area contributed by atoms with Gasteiger partial charge < -0.3 is 11.1 Å². The largest absolute Gasteiger partial charge is 0.370 e. The fourth-order valence-electron chi connectivity index (χ4n) is 2.52. The Morgan fingerprint density at radius 2 is 1.92 bits per heavy atom. The van der Waals surface area contributed by atoms with Crippen molar-refractivity contribution < 1.29 is 21.6 Å². The lowest BCUT2D eigenvalue weighted by Gasteiger charge is -2.20. The molecule has 0 bridgehead atoms. The van der Waals surface area contributed by atoms with Gasteiger partial charge in [0.25, 0.3) is 0 Å². The number of carbonyl (C=O) groups excluding carboxylic acids is 1. The Kier molecular flexibility index (Phi) is 5.81. The second-order valence-corrected chi connectivity index (χ2v) is 10.6. The quantitative estimate of drug-likeness (QED) is 0.693. The van der Waals surface area contributed by atoms with E-state index in [1.54, 1.807) is 0 Å². The zero-order valence-electron chi connectivity index (χ0n) is 12.4. The minimum Gasteiger partial charge on any atom is -0.370 e. The number of rotatable bonds is 6. The standard InChI is InChI=1S/C13H16Cl2N2O5S2/c14-9-2-1-8(5-10(9)15)24(21,22)12-7-23(19,20)6-11(12)17-4-3-13(16)18/h1-2,5,11-12,17H,3-4,6-7H2,(H2,16,18)/t11-,12-/m0/s1. The van der Waals surface area contributed by atoms with Crippen LogP contribution < -0.4 is 11.1 Å². The zero-order chi connectivity index (χ0) is 18.1. The summed E-state index contributed by atoms with van der Waals surface area (Å²) in [5, 5.41) is 1.90. The molecule has 0 saturated carbocycles. The van der Waals surface area contributed by atoms with Crippen molar-refractivity contribution in [1.29, 1.82) is 0 Å². The molecule has 1 heterocycles. The Bertz CT molecular complexity index is 855. The van der Waals surface area contributed by atoms with Gasteiger partial charge in [-0.3, -0.25) is 4.79 Å². The predicted molar refractivity (Wildman–Crippen MR) is 91.7 cm³/mol. The maximum Gasteiger partial charge on any atom is 0.218 e. The molecule has 7 nitrogen and oxygen atoms in total. The molecule has 0 aliphatic carbocycles. The summed E-state index contributed by atoms with van der Waals surface area (Å²) in [7, 11) is -7.47. The molecular weight excluding hydrogens is 399 g/mol. The fraction of sp³-hybridized carbons (Fsp3) is 0.462.